The molecule has 3 rings (SSSR count). The largest absolute Gasteiger partial charge is 0.444 e. The Kier molecular flexibility index (Phi) is 5.06. The maximum absolute atomic E-state index is 5.53. The molecule has 0 unspecified atom stereocenters. The van der Waals surface area contributed by atoms with Crippen molar-refractivity contribution in [2.75, 3.05) is 7.05 Å². The molecule has 2 N–H and O–H groups in total. The summed E-state index contributed by atoms with van der Waals surface area (Å²) in [6, 6.07) is 14.0. The van der Waals surface area contributed by atoms with E-state index in [1.54, 1.807) is 24.6 Å². The van der Waals surface area contributed by atoms with Gasteiger partial charge in [0.25, 0.3) is 0 Å². The first kappa shape index (κ1) is 15.3. The zero-order chi connectivity index (χ0) is 15.9. The highest BCUT2D eigenvalue weighted by molar-refractivity contribution is 7.09. The second kappa shape index (κ2) is 7.60. The fourth-order valence-electron chi connectivity index (χ4n) is 2.08. The van der Waals surface area contributed by atoms with E-state index in [1.807, 2.05) is 36.4 Å². The average molecular weight is 326 g/mol. The summed E-state index contributed by atoms with van der Waals surface area (Å²) >= 11 is 1.72. The summed E-state index contributed by atoms with van der Waals surface area (Å²) in [6.45, 7) is 1.31. The van der Waals surface area contributed by atoms with Crippen LogP contribution in [-0.2, 0) is 13.1 Å². The van der Waals surface area contributed by atoms with E-state index in [0.717, 1.165) is 23.8 Å². The maximum Gasteiger partial charge on any atom is 0.226 e. The molecule has 0 aliphatic heterocycles. The van der Waals surface area contributed by atoms with Crippen LogP contribution in [0, 0.1) is 0 Å². The third-order valence-electron chi connectivity index (χ3n) is 3.24. The van der Waals surface area contributed by atoms with Gasteiger partial charge >= 0.3 is 0 Å². The predicted octanol–water partition coefficient (Wildman–Crippen LogP) is 3.27. The minimum Gasteiger partial charge on any atom is -0.444 e. The molecule has 0 saturated heterocycles. The van der Waals surface area contributed by atoms with E-state index in [2.05, 4.69) is 32.1 Å². The van der Waals surface area contributed by atoms with Gasteiger partial charge in [-0.05, 0) is 23.6 Å². The third-order valence-corrected chi connectivity index (χ3v) is 4.12. The Balaban J connectivity index is 1.54. The first-order valence-electron chi connectivity index (χ1n) is 7.32. The van der Waals surface area contributed by atoms with Crippen LogP contribution in [0.5, 0.6) is 0 Å². The lowest BCUT2D eigenvalue weighted by molar-refractivity contribution is 0.572. The molecule has 1 aromatic carbocycles. The highest BCUT2D eigenvalue weighted by Gasteiger charge is 2.07. The number of aromatic nitrogens is 1. The molecule has 0 radical (unpaired) electrons. The Hall–Kier alpha value is -2.60. The molecule has 0 aliphatic rings. The lowest BCUT2D eigenvalue weighted by atomic mass is 10.2. The molecule has 0 spiro atoms. The normalized spacial score (nSPS) is 11.4. The SMILES string of the molecule is CN=C(NCc1coc(-c2ccccc2)n1)NCc1cccs1. The van der Waals surface area contributed by atoms with Gasteiger partial charge < -0.3 is 15.1 Å². The fourth-order valence-corrected chi connectivity index (χ4v) is 2.72. The van der Waals surface area contributed by atoms with Gasteiger partial charge in [-0.15, -0.1) is 11.3 Å². The van der Waals surface area contributed by atoms with Crippen LogP contribution in [0.25, 0.3) is 11.5 Å². The average Bonchev–Trinajstić information content (AvgIpc) is 3.27. The number of oxazole rings is 1. The number of nitrogens with one attached hydrogen (secondary N) is 2. The second-order valence-corrected chi connectivity index (χ2v) is 5.90. The van der Waals surface area contributed by atoms with Gasteiger partial charge in [0.15, 0.2) is 5.96 Å². The van der Waals surface area contributed by atoms with Crippen molar-refractivity contribution >= 4 is 17.3 Å². The molecule has 0 saturated carbocycles. The molecule has 5 nitrogen and oxygen atoms in total. The van der Waals surface area contributed by atoms with Crippen LogP contribution in [0.4, 0.5) is 0 Å². The molecule has 0 atom stereocenters. The molecule has 0 aliphatic carbocycles. The monoisotopic (exact) mass is 326 g/mol. The van der Waals surface area contributed by atoms with Crippen LogP contribution in [0.1, 0.15) is 10.6 Å². The van der Waals surface area contributed by atoms with Crippen LogP contribution >= 0.6 is 11.3 Å². The highest BCUT2D eigenvalue weighted by Crippen LogP contribution is 2.17. The summed E-state index contributed by atoms with van der Waals surface area (Å²) in [5.41, 5.74) is 1.81. The number of rotatable bonds is 5. The Labute approximate surface area is 139 Å². The molecule has 3 aromatic rings. The molecule has 2 heterocycles. The molecule has 6 heteroatoms. The van der Waals surface area contributed by atoms with Crippen molar-refractivity contribution in [2.45, 2.75) is 13.1 Å². The summed E-state index contributed by atoms with van der Waals surface area (Å²) in [5.74, 6) is 1.37. The number of nitrogens with zero attached hydrogens (tertiary/aromatic N) is 2. The first-order chi connectivity index (χ1) is 11.3. The number of thiophene rings is 1. The standard InChI is InChI=1S/C17H18N4OS/c1-18-17(20-11-15-8-5-9-23-15)19-10-14-12-22-16(21-14)13-6-3-2-4-7-13/h2-9,12H,10-11H2,1H3,(H2,18,19,20). The van der Waals surface area contributed by atoms with Crippen molar-refractivity contribution in [2.24, 2.45) is 4.99 Å². The van der Waals surface area contributed by atoms with Gasteiger partial charge in [0.1, 0.15) is 6.26 Å². The van der Waals surface area contributed by atoms with Gasteiger partial charge in [0.2, 0.25) is 5.89 Å². The molecule has 2 aromatic heterocycles. The summed E-state index contributed by atoms with van der Waals surface area (Å²) in [5, 5.41) is 8.57. The zero-order valence-electron chi connectivity index (χ0n) is 12.8. The topological polar surface area (TPSA) is 62.5 Å². The van der Waals surface area contributed by atoms with Crippen LogP contribution in [0.3, 0.4) is 0 Å². The van der Waals surface area contributed by atoms with Crippen molar-refractivity contribution in [1.29, 1.82) is 0 Å². The fraction of sp³-hybridized carbons (Fsp3) is 0.176. The lowest BCUT2D eigenvalue weighted by Crippen LogP contribution is -2.36. The zero-order valence-corrected chi connectivity index (χ0v) is 13.6. The Morgan fingerprint density at radius 2 is 1.96 bits per heavy atom. The predicted molar refractivity (Wildman–Crippen MR) is 93.3 cm³/mol. The Morgan fingerprint density at radius 1 is 1.13 bits per heavy atom. The van der Waals surface area contributed by atoms with E-state index >= 15 is 0 Å². The molecule has 0 amide bonds. The maximum atomic E-state index is 5.53. The number of hydrogen-bond donors (Lipinski definition) is 2. The van der Waals surface area contributed by atoms with Crippen LogP contribution in [0.2, 0.25) is 0 Å². The Bertz CT molecular complexity index is 750. The molecule has 118 valence electrons. The quantitative estimate of drug-likeness (QED) is 0.558. The minimum atomic E-state index is 0.556. The summed E-state index contributed by atoms with van der Waals surface area (Å²) in [7, 11) is 1.75. The number of hydrogen-bond acceptors (Lipinski definition) is 4. The number of benzene rings is 1. The van der Waals surface area contributed by atoms with E-state index in [0.29, 0.717) is 12.4 Å². The third kappa shape index (κ3) is 4.20. The van der Waals surface area contributed by atoms with Crippen molar-refractivity contribution in [3.05, 3.63) is 64.7 Å². The van der Waals surface area contributed by atoms with Crippen LogP contribution in [-0.4, -0.2) is 18.0 Å². The lowest BCUT2D eigenvalue weighted by Gasteiger charge is -2.09. The molecular formula is C17H18N4OS. The van der Waals surface area contributed by atoms with Crippen molar-refractivity contribution in [1.82, 2.24) is 15.6 Å². The summed E-state index contributed by atoms with van der Waals surface area (Å²) in [4.78, 5) is 9.96. The van der Waals surface area contributed by atoms with E-state index in [9.17, 15) is 0 Å². The van der Waals surface area contributed by atoms with Gasteiger partial charge in [0.05, 0.1) is 18.8 Å². The highest BCUT2D eigenvalue weighted by atomic mass is 32.1. The van der Waals surface area contributed by atoms with Gasteiger partial charge in [-0.2, -0.15) is 0 Å². The van der Waals surface area contributed by atoms with Crippen molar-refractivity contribution in [3.63, 3.8) is 0 Å². The smallest absolute Gasteiger partial charge is 0.226 e. The van der Waals surface area contributed by atoms with E-state index in [4.69, 9.17) is 4.42 Å². The number of aliphatic imine (C=N–C) groups is 1. The Morgan fingerprint density at radius 3 is 2.70 bits per heavy atom. The van der Waals surface area contributed by atoms with Crippen LogP contribution in [0.15, 0.2) is 63.5 Å². The second-order valence-electron chi connectivity index (χ2n) is 4.87. The van der Waals surface area contributed by atoms with E-state index < -0.39 is 0 Å². The molecule has 23 heavy (non-hydrogen) atoms. The van der Waals surface area contributed by atoms with Crippen LogP contribution < -0.4 is 10.6 Å². The summed E-state index contributed by atoms with van der Waals surface area (Å²) in [6.07, 6.45) is 1.67. The van der Waals surface area contributed by atoms with E-state index in [1.165, 1.54) is 4.88 Å². The van der Waals surface area contributed by atoms with Crippen molar-refractivity contribution in [3.8, 4) is 11.5 Å². The van der Waals surface area contributed by atoms with Crippen molar-refractivity contribution < 1.29 is 4.42 Å². The first-order valence-corrected chi connectivity index (χ1v) is 8.20. The van der Waals surface area contributed by atoms with Gasteiger partial charge in [-0.3, -0.25) is 4.99 Å². The van der Waals surface area contributed by atoms with Gasteiger partial charge in [-0.25, -0.2) is 4.98 Å². The molecule has 0 bridgehead atoms. The molecular weight excluding hydrogens is 308 g/mol. The number of guanidine groups is 1. The van der Waals surface area contributed by atoms with Gasteiger partial charge in [-0.1, -0.05) is 24.3 Å². The van der Waals surface area contributed by atoms with Gasteiger partial charge in [0, 0.05) is 17.5 Å². The molecule has 0 fully saturated rings. The van der Waals surface area contributed by atoms with E-state index in [-0.39, 0.29) is 0 Å². The minimum absolute atomic E-state index is 0.556. The summed E-state index contributed by atoms with van der Waals surface area (Å²) < 4.78 is 5.53.